The van der Waals surface area contributed by atoms with Gasteiger partial charge in [-0.25, -0.2) is 0 Å². The standard InChI is InChI=1S/C8H13NS.C2H6/c1-3-7-8(10-2)5-4-6-9-7;1-2/h3,9H,1,4-6H2,2H3;1-2H3. The number of nitrogens with one attached hydrogen (secondary N) is 1. The molecule has 0 saturated heterocycles. The van der Waals surface area contributed by atoms with Crippen LogP contribution >= 0.6 is 11.8 Å². The van der Waals surface area contributed by atoms with Crippen LogP contribution in [0.2, 0.25) is 0 Å². The summed E-state index contributed by atoms with van der Waals surface area (Å²) < 4.78 is 0. The monoisotopic (exact) mass is 185 g/mol. The molecule has 0 amide bonds. The lowest BCUT2D eigenvalue weighted by Crippen LogP contribution is -2.19. The molecule has 0 atom stereocenters. The number of thioether (sulfide) groups is 1. The van der Waals surface area contributed by atoms with E-state index in [9.17, 15) is 0 Å². The molecule has 0 unspecified atom stereocenters. The fraction of sp³-hybridized carbons (Fsp3) is 0.600. The van der Waals surface area contributed by atoms with Gasteiger partial charge in [-0.1, -0.05) is 20.4 Å². The Bertz CT molecular complexity index is 161. The van der Waals surface area contributed by atoms with Crippen molar-refractivity contribution in [3.8, 4) is 0 Å². The second kappa shape index (κ2) is 7.29. The molecule has 12 heavy (non-hydrogen) atoms. The van der Waals surface area contributed by atoms with Gasteiger partial charge in [0.2, 0.25) is 0 Å². The number of hydrogen-bond acceptors (Lipinski definition) is 2. The Kier molecular flexibility index (Phi) is 7.06. The molecule has 70 valence electrons. The second-order valence-electron chi connectivity index (χ2n) is 2.28. The van der Waals surface area contributed by atoms with Crippen molar-refractivity contribution in [3.63, 3.8) is 0 Å². The molecule has 0 radical (unpaired) electrons. The van der Waals surface area contributed by atoms with Crippen LogP contribution in [0, 0.1) is 0 Å². The van der Waals surface area contributed by atoms with E-state index < -0.39 is 0 Å². The predicted octanol–water partition coefficient (Wildman–Crippen LogP) is 3.16. The van der Waals surface area contributed by atoms with Crippen LogP contribution in [0.4, 0.5) is 0 Å². The van der Waals surface area contributed by atoms with Gasteiger partial charge in [-0.2, -0.15) is 0 Å². The van der Waals surface area contributed by atoms with Crippen LogP contribution in [0.15, 0.2) is 23.3 Å². The van der Waals surface area contributed by atoms with E-state index in [1.165, 1.54) is 23.4 Å². The van der Waals surface area contributed by atoms with Crippen molar-refractivity contribution in [2.45, 2.75) is 26.7 Å². The van der Waals surface area contributed by atoms with Crippen molar-refractivity contribution in [1.82, 2.24) is 5.32 Å². The van der Waals surface area contributed by atoms with E-state index in [0.29, 0.717) is 0 Å². The van der Waals surface area contributed by atoms with E-state index in [1.807, 2.05) is 31.7 Å². The molecule has 0 spiro atoms. The van der Waals surface area contributed by atoms with Crippen LogP contribution in [0.1, 0.15) is 26.7 Å². The molecule has 0 aromatic rings. The fourth-order valence-electron chi connectivity index (χ4n) is 1.10. The molecular weight excluding hydrogens is 166 g/mol. The molecule has 0 saturated carbocycles. The normalized spacial score (nSPS) is 15.9. The second-order valence-corrected chi connectivity index (χ2v) is 3.18. The van der Waals surface area contributed by atoms with Gasteiger partial charge in [-0.05, 0) is 25.2 Å². The summed E-state index contributed by atoms with van der Waals surface area (Å²) >= 11 is 1.82. The summed E-state index contributed by atoms with van der Waals surface area (Å²) in [5.74, 6) is 0. The largest absolute Gasteiger partial charge is 0.384 e. The molecule has 0 aromatic heterocycles. The lowest BCUT2D eigenvalue weighted by molar-refractivity contribution is 0.697. The molecule has 1 N–H and O–H groups in total. The third-order valence-corrected chi connectivity index (χ3v) is 2.56. The predicted molar refractivity (Wildman–Crippen MR) is 59.3 cm³/mol. The zero-order chi connectivity index (χ0) is 9.40. The summed E-state index contributed by atoms with van der Waals surface area (Å²) in [6, 6.07) is 0. The van der Waals surface area contributed by atoms with Gasteiger partial charge >= 0.3 is 0 Å². The van der Waals surface area contributed by atoms with Crippen LogP contribution in [0.25, 0.3) is 0 Å². The fourth-order valence-corrected chi connectivity index (χ4v) is 1.83. The van der Waals surface area contributed by atoms with Gasteiger partial charge in [-0.15, -0.1) is 11.8 Å². The van der Waals surface area contributed by atoms with E-state index in [0.717, 1.165) is 6.54 Å². The zero-order valence-corrected chi connectivity index (χ0v) is 9.13. The Hall–Kier alpha value is -0.370. The van der Waals surface area contributed by atoms with Gasteiger partial charge in [0.05, 0.1) is 0 Å². The van der Waals surface area contributed by atoms with Crippen molar-refractivity contribution in [3.05, 3.63) is 23.3 Å². The van der Waals surface area contributed by atoms with E-state index in [1.54, 1.807) is 0 Å². The maximum absolute atomic E-state index is 3.75. The van der Waals surface area contributed by atoms with Gasteiger partial charge < -0.3 is 5.32 Å². The smallest absolute Gasteiger partial charge is 0.0430 e. The van der Waals surface area contributed by atoms with Crippen molar-refractivity contribution in [2.24, 2.45) is 0 Å². The first-order valence-corrected chi connectivity index (χ1v) is 5.74. The van der Waals surface area contributed by atoms with Gasteiger partial charge in [0.1, 0.15) is 0 Å². The van der Waals surface area contributed by atoms with Gasteiger partial charge in [-0.3, -0.25) is 0 Å². The van der Waals surface area contributed by atoms with Gasteiger partial charge in [0, 0.05) is 17.1 Å². The lowest BCUT2D eigenvalue weighted by atomic mass is 10.2. The number of rotatable bonds is 2. The molecule has 0 aliphatic carbocycles. The highest BCUT2D eigenvalue weighted by atomic mass is 32.2. The molecule has 0 aromatic carbocycles. The van der Waals surface area contributed by atoms with Crippen molar-refractivity contribution in [1.29, 1.82) is 0 Å². The highest BCUT2D eigenvalue weighted by Crippen LogP contribution is 2.24. The average Bonchev–Trinajstić information content (AvgIpc) is 2.20. The minimum atomic E-state index is 1.10. The van der Waals surface area contributed by atoms with Gasteiger partial charge in [0.25, 0.3) is 0 Å². The molecule has 1 aliphatic rings. The molecule has 1 aliphatic heterocycles. The summed E-state index contributed by atoms with van der Waals surface area (Å²) in [7, 11) is 0. The topological polar surface area (TPSA) is 12.0 Å². The van der Waals surface area contributed by atoms with Crippen molar-refractivity contribution in [2.75, 3.05) is 12.8 Å². The van der Waals surface area contributed by atoms with E-state index in [-0.39, 0.29) is 0 Å². The zero-order valence-electron chi connectivity index (χ0n) is 8.31. The maximum atomic E-state index is 3.75. The van der Waals surface area contributed by atoms with Crippen LogP contribution in [-0.2, 0) is 0 Å². The summed E-state index contributed by atoms with van der Waals surface area (Å²) in [5, 5.41) is 3.31. The van der Waals surface area contributed by atoms with Crippen molar-refractivity contribution >= 4 is 11.8 Å². The average molecular weight is 185 g/mol. The SMILES string of the molecule is C=CC1=C(SC)CCCN1.CC. The minimum Gasteiger partial charge on any atom is -0.384 e. The highest BCUT2D eigenvalue weighted by Gasteiger charge is 2.07. The molecule has 2 heteroatoms. The molecule has 1 heterocycles. The van der Waals surface area contributed by atoms with Crippen LogP contribution in [-0.4, -0.2) is 12.8 Å². The lowest BCUT2D eigenvalue weighted by Gasteiger charge is -2.17. The van der Waals surface area contributed by atoms with Crippen LogP contribution in [0.3, 0.4) is 0 Å². The summed E-state index contributed by atoms with van der Waals surface area (Å²) in [6.45, 7) is 8.85. The van der Waals surface area contributed by atoms with Crippen LogP contribution in [0.5, 0.6) is 0 Å². The molecular formula is C10H19NS. The minimum absolute atomic E-state index is 1.10. The third kappa shape index (κ3) is 3.35. The molecule has 0 fully saturated rings. The Morgan fingerprint density at radius 2 is 2.17 bits per heavy atom. The summed E-state index contributed by atoms with van der Waals surface area (Å²) in [5.41, 5.74) is 1.23. The van der Waals surface area contributed by atoms with E-state index in [2.05, 4.69) is 18.2 Å². The third-order valence-electron chi connectivity index (χ3n) is 1.65. The maximum Gasteiger partial charge on any atom is 0.0430 e. The highest BCUT2D eigenvalue weighted by molar-refractivity contribution is 8.02. The summed E-state index contributed by atoms with van der Waals surface area (Å²) in [4.78, 5) is 1.45. The number of hydrogen-bond donors (Lipinski definition) is 1. The van der Waals surface area contributed by atoms with Crippen LogP contribution < -0.4 is 5.32 Å². The van der Waals surface area contributed by atoms with Gasteiger partial charge in [0.15, 0.2) is 0 Å². The Balaban J connectivity index is 0.000000561. The molecule has 0 bridgehead atoms. The molecule has 1 rings (SSSR count). The first-order valence-electron chi connectivity index (χ1n) is 4.52. The van der Waals surface area contributed by atoms with E-state index >= 15 is 0 Å². The number of allylic oxidation sites excluding steroid dienone is 2. The Labute approximate surface area is 80.3 Å². The first-order chi connectivity index (χ1) is 5.88. The summed E-state index contributed by atoms with van der Waals surface area (Å²) in [6.07, 6.45) is 6.50. The van der Waals surface area contributed by atoms with Crippen molar-refractivity contribution < 1.29 is 0 Å². The molecule has 1 nitrogen and oxygen atoms in total. The quantitative estimate of drug-likeness (QED) is 0.709. The van der Waals surface area contributed by atoms with E-state index in [4.69, 9.17) is 0 Å². The Morgan fingerprint density at radius 3 is 2.58 bits per heavy atom. The first kappa shape index (κ1) is 11.6. The Morgan fingerprint density at radius 1 is 1.50 bits per heavy atom.